The van der Waals surface area contributed by atoms with Gasteiger partial charge in [-0.1, -0.05) is 6.07 Å². The van der Waals surface area contributed by atoms with E-state index in [-0.39, 0.29) is 12.2 Å². The highest BCUT2D eigenvalue weighted by Gasteiger charge is 2.13. The molecule has 2 aromatic heterocycles. The molecule has 106 valence electrons. The lowest BCUT2D eigenvalue weighted by molar-refractivity contribution is 0.0521. The molecule has 0 bridgehead atoms. The molecular formula is C16H13FN2O2. The first-order valence-electron chi connectivity index (χ1n) is 6.59. The van der Waals surface area contributed by atoms with Gasteiger partial charge >= 0.3 is 5.97 Å². The molecule has 0 radical (unpaired) electrons. The lowest BCUT2D eigenvalue weighted by Gasteiger charge is -2.07. The fourth-order valence-electron chi connectivity index (χ4n) is 2.16. The molecule has 0 amide bonds. The van der Waals surface area contributed by atoms with Gasteiger partial charge < -0.3 is 9.14 Å². The van der Waals surface area contributed by atoms with Crippen LogP contribution in [0.4, 0.5) is 4.39 Å². The fourth-order valence-corrected chi connectivity index (χ4v) is 2.16. The van der Waals surface area contributed by atoms with Gasteiger partial charge in [0.05, 0.1) is 12.2 Å². The summed E-state index contributed by atoms with van der Waals surface area (Å²) in [5.41, 5.74) is 2.30. The van der Waals surface area contributed by atoms with Crippen LogP contribution in [0.25, 0.3) is 16.8 Å². The molecule has 0 saturated carbocycles. The maximum atomic E-state index is 14.0. The number of carbonyl (C=O) groups excluding carboxylic acids is 1. The van der Waals surface area contributed by atoms with Crippen LogP contribution in [-0.2, 0) is 4.74 Å². The number of esters is 1. The minimum absolute atomic E-state index is 0.0516. The van der Waals surface area contributed by atoms with E-state index >= 15 is 0 Å². The van der Waals surface area contributed by atoms with E-state index in [4.69, 9.17) is 4.74 Å². The molecule has 1 aromatic carbocycles. The Bertz CT molecular complexity index is 811. The second-order valence-electron chi connectivity index (χ2n) is 4.53. The number of nitrogens with zero attached hydrogens (tertiary/aromatic N) is 2. The van der Waals surface area contributed by atoms with Crippen molar-refractivity contribution in [3.8, 4) is 11.1 Å². The topological polar surface area (TPSA) is 43.6 Å². The van der Waals surface area contributed by atoms with Crippen LogP contribution in [0.15, 0.2) is 48.9 Å². The monoisotopic (exact) mass is 284 g/mol. The maximum absolute atomic E-state index is 14.0. The molecule has 0 aliphatic rings. The average Bonchev–Trinajstić information content (AvgIpc) is 2.94. The summed E-state index contributed by atoms with van der Waals surface area (Å²) in [6.07, 6.45) is 5.38. The van der Waals surface area contributed by atoms with Crippen molar-refractivity contribution < 1.29 is 13.9 Å². The van der Waals surface area contributed by atoms with Gasteiger partial charge in [0, 0.05) is 18.6 Å². The van der Waals surface area contributed by atoms with Crippen LogP contribution < -0.4 is 0 Å². The fraction of sp³-hybridized carbons (Fsp3) is 0.125. The number of fused-ring (bicyclic) bond motifs is 1. The van der Waals surface area contributed by atoms with Crippen molar-refractivity contribution in [1.82, 2.24) is 9.38 Å². The highest BCUT2D eigenvalue weighted by atomic mass is 19.1. The third-order valence-corrected chi connectivity index (χ3v) is 3.19. The molecule has 0 N–H and O–H groups in total. The predicted molar refractivity (Wildman–Crippen MR) is 76.5 cm³/mol. The van der Waals surface area contributed by atoms with Gasteiger partial charge in [-0.3, -0.25) is 0 Å². The average molecular weight is 284 g/mol. The molecule has 2 heterocycles. The van der Waals surface area contributed by atoms with Gasteiger partial charge in [0.15, 0.2) is 0 Å². The highest BCUT2D eigenvalue weighted by Crippen LogP contribution is 2.23. The zero-order chi connectivity index (χ0) is 14.8. The van der Waals surface area contributed by atoms with E-state index < -0.39 is 11.8 Å². The van der Waals surface area contributed by atoms with Crippen molar-refractivity contribution in [2.75, 3.05) is 6.61 Å². The summed E-state index contributed by atoms with van der Waals surface area (Å²) >= 11 is 0. The third-order valence-electron chi connectivity index (χ3n) is 3.19. The first kappa shape index (κ1) is 13.3. The van der Waals surface area contributed by atoms with Crippen molar-refractivity contribution in [1.29, 1.82) is 0 Å². The van der Waals surface area contributed by atoms with Crippen molar-refractivity contribution in [3.05, 3.63) is 60.3 Å². The molecule has 0 unspecified atom stereocenters. The van der Waals surface area contributed by atoms with Crippen LogP contribution in [0.5, 0.6) is 0 Å². The number of carbonyl (C=O) groups is 1. The summed E-state index contributed by atoms with van der Waals surface area (Å²) in [5.74, 6) is -1.23. The highest BCUT2D eigenvalue weighted by molar-refractivity contribution is 5.90. The summed E-state index contributed by atoms with van der Waals surface area (Å²) in [7, 11) is 0. The summed E-state index contributed by atoms with van der Waals surface area (Å²) in [6, 6.07) is 8.20. The number of halogens is 1. The molecule has 0 aliphatic carbocycles. The Hall–Kier alpha value is -2.69. The Balaban J connectivity index is 1.99. The maximum Gasteiger partial charge on any atom is 0.341 e. The van der Waals surface area contributed by atoms with Gasteiger partial charge in [-0.2, -0.15) is 0 Å². The SMILES string of the molecule is CCOC(=O)c1ccc(-c2ccc3nccn3c2)cc1F. The van der Waals surface area contributed by atoms with Crippen molar-refractivity contribution in [2.24, 2.45) is 0 Å². The Labute approximate surface area is 120 Å². The van der Waals surface area contributed by atoms with Crippen molar-refractivity contribution in [2.45, 2.75) is 6.92 Å². The van der Waals surface area contributed by atoms with E-state index in [0.29, 0.717) is 5.56 Å². The lowest BCUT2D eigenvalue weighted by Crippen LogP contribution is -2.07. The van der Waals surface area contributed by atoms with Gasteiger partial charge in [-0.25, -0.2) is 14.2 Å². The molecule has 0 aliphatic heterocycles. The zero-order valence-corrected chi connectivity index (χ0v) is 11.4. The van der Waals surface area contributed by atoms with Crippen LogP contribution in [0.1, 0.15) is 17.3 Å². The molecule has 4 nitrogen and oxygen atoms in total. The molecule has 3 aromatic rings. The minimum Gasteiger partial charge on any atom is -0.462 e. The number of hydrogen-bond donors (Lipinski definition) is 0. The Kier molecular flexibility index (Phi) is 3.39. The van der Waals surface area contributed by atoms with E-state index in [1.165, 1.54) is 12.1 Å². The third kappa shape index (κ3) is 2.50. The molecular weight excluding hydrogens is 271 g/mol. The second-order valence-corrected chi connectivity index (χ2v) is 4.53. The van der Waals surface area contributed by atoms with E-state index in [0.717, 1.165) is 11.2 Å². The number of rotatable bonds is 3. The van der Waals surface area contributed by atoms with E-state index in [1.807, 2.05) is 28.9 Å². The van der Waals surface area contributed by atoms with E-state index in [2.05, 4.69) is 4.98 Å². The van der Waals surface area contributed by atoms with Crippen LogP contribution in [-0.4, -0.2) is 22.0 Å². The number of pyridine rings is 1. The summed E-state index contributed by atoms with van der Waals surface area (Å²) in [5, 5.41) is 0. The van der Waals surface area contributed by atoms with E-state index in [1.54, 1.807) is 19.2 Å². The van der Waals surface area contributed by atoms with Crippen LogP contribution in [0, 0.1) is 5.82 Å². The molecule has 21 heavy (non-hydrogen) atoms. The Morgan fingerprint density at radius 2 is 2.10 bits per heavy atom. The predicted octanol–water partition coefficient (Wildman–Crippen LogP) is 3.32. The van der Waals surface area contributed by atoms with Gasteiger partial charge in [0.2, 0.25) is 0 Å². The smallest absolute Gasteiger partial charge is 0.341 e. The van der Waals surface area contributed by atoms with Crippen LogP contribution in [0.2, 0.25) is 0 Å². The van der Waals surface area contributed by atoms with Gasteiger partial charge in [0.1, 0.15) is 11.5 Å². The number of benzene rings is 1. The molecule has 0 spiro atoms. The molecule has 5 heteroatoms. The molecule has 0 saturated heterocycles. The number of imidazole rings is 1. The van der Waals surface area contributed by atoms with Gasteiger partial charge in [-0.15, -0.1) is 0 Å². The van der Waals surface area contributed by atoms with Gasteiger partial charge in [-0.05, 0) is 42.3 Å². The van der Waals surface area contributed by atoms with Gasteiger partial charge in [0.25, 0.3) is 0 Å². The number of aromatic nitrogens is 2. The largest absolute Gasteiger partial charge is 0.462 e. The first-order chi connectivity index (χ1) is 10.2. The number of hydrogen-bond acceptors (Lipinski definition) is 3. The van der Waals surface area contributed by atoms with Crippen molar-refractivity contribution >= 4 is 11.6 Å². The standard InChI is InChI=1S/C16H13FN2O2/c1-2-21-16(20)13-5-3-11(9-14(13)17)12-4-6-15-18-7-8-19(15)10-12/h3-10H,2H2,1H3. The second kappa shape index (κ2) is 5.36. The van der Waals surface area contributed by atoms with Crippen molar-refractivity contribution in [3.63, 3.8) is 0 Å². The summed E-state index contributed by atoms with van der Waals surface area (Å²) < 4.78 is 20.7. The first-order valence-corrected chi connectivity index (χ1v) is 6.59. The molecule has 3 rings (SSSR count). The van der Waals surface area contributed by atoms with Crippen LogP contribution in [0.3, 0.4) is 0 Å². The lowest BCUT2D eigenvalue weighted by atomic mass is 10.1. The zero-order valence-electron chi connectivity index (χ0n) is 11.4. The molecule has 0 atom stereocenters. The Morgan fingerprint density at radius 1 is 1.29 bits per heavy atom. The Morgan fingerprint density at radius 3 is 2.86 bits per heavy atom. The normalized spacial score (nSPS) is 10.8. The summed E-state index contributed by atoms with van der Waals surface area (Å²) in [4.78, 5) is 15.7. The molecule has 0 fully saturated rings. The van der Waals surface area contributed by atoms with E-state index in [9.17, 15) is 9.18 Å². The summed E-state index contributed by atoms with van der Waals surface area (Å²) in [6.45, 7) is 1.90. The number of ether oxygens (including phenoxy) is 1. The van der Waals surface area contributed by atoms with Crippen LogP contribution >= 0.6 is 0 Å². The minimum atomic E-state index is -0.647. The quantitative estimate of drug-likeness (QED) is 0.693.